The number of rotatable bonds is 3. The first-order valence-corrected chi connectivity index (χ1v) is 8.95. The summed E-state index contributed by atoms with van der Waals surface area (Å²) >= 11 is 1.60. The lowest BCUT2D eigenvalue weighted by atomic mass is 9.78. The van der Waals surface area contributed by atoms with Gasteiger partial charge in [0.2, 0.25) is 0 Å². The summed E-state index contributed by atoms with van der Waals surface area (Å²) in [6.07, 6.45) is 7.32. The molecular formula is C17H25NO2S. The van der Waals surface area contributed by atoms with Crippen molar-refractivity contribution in [1.29, 1.82) is 0 Å². The average molecular weight is 307 g/mol. The molecule has 3 rings (SSSR count). The normalized spacial score (nSPS) is 23.9. The lowest BCUT2D eigenvalue weighted by molar-refractivity contribution is -0.0705. The number of thiazole rings is 1. The summed E-state index contributed by atoms with van der Waals surface area (Å²) in [7, 11) is 0. The molecule has 3 nitrogen and oxygen atoms in total. The van der Waals surface area contributed by atoms with E-state index in [9.17, 15) is 4.79 Å². The van der Waals surface area contributed by atoms with Crippen LogP contribution in [0.15, 0.2) is 0 Å². The number of carbonyl (C=O) groups is 1. The van der Waals surface area contributed by atoms with Gasteiger partial charge in [0.1, 0.15) is 10.6 Å². The van der Waals surface area contributed by atoms with E-state index in [1.165, 1.54) is 19.3 Å². The predicted octanol–water partition coefficient (Wildman–Crippen LogP) is 4.49. The molecule has 2 aliphatic carbocycles. The monoisotopic (exact) mass is 307 g/mol. The van der Waals surface area contributed by atoms with Crippen LogP contribution in [0.3, 0.4) is 0 Å². The molecule has 21 heavy (non-hydrogen) atoms. The van der Waals surface area contributed by atoms with Gasteiger partial charge in [0.15, 0.2) is 5.78 Å². The van der Waals surface area contributed by atoms with Crippen LogP contribution in [0.1, 0.15) is 79.7 Å². The van der Waals surface area contributed by atoms with Gasteiger partial charge in [-0.05, 0) is 31.6 Å². The first kappa shape index (κ1) is 15.2. The molecule has 0 saturated heterocycles. The van der Waals surface area contributed by atoms with Gasteiger partial charge in [-0.25, -0.2) is 4.98 Å². The topological polar surface area (TPSA) is 39.2 Å². The Morgan fingerprint density at radius 2 is 1.90 bits per heavy atom. The zero-order valence-corrected chi connectivity index (χ0v) is 14.1. The third-order valence-corrected chi connectivity index (χ3v) is 6.03. The van der Waals surface area contributed by atoms with E-state index in [4.69, 9.17) is 9.72 Å². The number of ketones is 1. The number of nitrogens with zero attached hydrogens (tertiary/aromatic N) is 1. The van der Waals surface area contributed by atoms with Crippen molar-refractivity contribution in [2.24, 2.45) is 5.41 Å². The van der Waals surface area contributed by atoms with Gasteiger partial charge in [-0.15, -0.1) is 11.3 Å². The minimum Gasteiger partial charge on any atom is -0.368 e. The molecule has 0 unspecified atom stereocenters. The molecule has 0 bridgehead atoms. The van der Waals surface area contributed by atoms with Crippen molar-refractivity contribution in [2.75, 3.05) is 6.61 Å². The molecule has 0 aliphatic heterocycles. The van der Waals surface area contributed by atoms with Gasteiger partial charge in [-0.3, -0.25) is 4.79 Å². The number of hydrogen-bond acceptors (Lipinski definition) is 4. The van der Waals surface area contributed by atoms with Gasteiger partial charge < -0.3 is 4.74 Å². The van der Waals surface area contributed by atoms with Gasteiger partial charge in [0.05, 0.1) is 10.6 Å². The maximum absolute atomic E-state index is 12.4. The summed E-state index contributed by atoms with van der Waals surface area (Å²) in [5.41, 5.74) is 0.834. The second-order valence-electron chi connectivity index (χ2n) is 7.22. The first-order chi connectivity index (χ1) is 9.96. The zero-order valence-electron chi connectivity index (χ0n) is 13.3. The molecule has 1 fully saturated rings. The summed E-state index contributed by atoms with van der Waals surface area (Å²) in [5, 5.41) is 1.06. The Labute approximate surface area is 131 Å². The molecule has 1 heterocycles. The van der Waals surface area contributed by atoms with Crippen molar-refractivity contribution in [3.05, 3.63) is 15.6 Å². The molecule has 4 heteroatoms. The van der Waals surface area contributed by atoms with Crippen molar-refractivity contribution in [3.63, 3.8) is 0 Å². The van der Waals surface area contributed by atoms with Crippen molar-refractivity contribution in [2.45, 2.75) is 71.3 Å². The quantitative estimate of drug-likeness (QED) is 0.825. The number of aromatic nitrogens is 1. The highest BCUT2D eigenvalue weighted by molar-refractivity contribution is 7.14. The highest BCUT2D eigenvalue weighted by Gasteiger charge is 2.41. The summed E-state index contributed by atoms with van der Waals surface area (Å²) in [6, 6.07) is 0. The van der Waals surface area contributed by atoms with E-state index in [0.29, 0.717) is 13.0 Å². The molecule has 1 saturated carbocycles. The molecular weight excluding hydrogens is 282 g/mol. The van der Waals surface area contributed by atoms with E-state index in [1.807, 2.05) is 0 Å². The van der Waals surface area contributed by atoms with Crippen LogP contribution >= 0.6 is 11.3 Å². The Bertz CT molecular complexity index is 535. The lowest BCUT2D eigenvalue weighted by Crippen LogP contribution is -2.32. The Hall–Kier alpha value is -0.740. The minimum atomic E-state index is -0.223. The fourth-order valence-corrected chi connectivity index (χ4v) is 4.95. The predicted molar refractivity (Wildman–Crippen MR) is 84.9 cm³/mol. The molecule has 0 amide bonds. The van der Waals surface area contributed by atoms with Crippen LogP contribution in [0.5, 0.6) is 0 Å². The van der Waals surface area contributed by atoms with Crippen LogP contribution in [0.2, 0.25) is 0 Å². The third-order valence-electron chi connectivity index (χ3n) is 4.71. The Balaban J connectivity index is 1.98. The third kappa shape index (κ3) is 2.80. The summed E-state index contributed by atoms with van der Waals surface area (Å²) in [5.74, 6) is 0.271. The Morgan fingerprint density at radius 3 is 2.57 bits per heavy atom. The second-order valence-corrected chi connectivity index (χ2v) is 8.22. The van der Waals surface area contributed by atoms with Gasteiger partial charge in [-0.1, -0.05) is 33.1 Å². The number of hydrogen-bond donors (Lipinski definition) is 0. The highest BCUT2D eigenvalue weighted by atomic mass is 32.1. The van der Waals surface area contributed by atoms with Gasteiger partial charge in [-0.2, -0.15) is 0 Å². The molecule has 0 radical (unpaired) electrons. The van der Waals surface area contributed by atoms with E-state index in [1.54, 1.807) is 11.3 Å². The van der Waals surface area contributed by atoms with Gasteiger partial charge in [0, 0.05) is 13.0 Å². The fourth-order valence-electron chi connectivity index (χ4n) is 3.73. The maximum atomic E-state index is 12.4. The molecule has 0 atom stereocenters. The van der Waals surface area contributed by atoms with Crippen LogP contribution in [0.25, 0.3) is 0 Å². The zero-order chi connectivity index (χ0) is 15.1. The molecule has 1 aromatic rings. The van der Waals surface area contributed by atoms with E-state index in [2.05, 4.69) is 20.8 Å². The molecule has 116 valence electrons. The van der Waals surface area contributed by atoms with E-state index in [0.717, 1.165) is 34.8 Å². The van der Waals surface area contributed by atoms with Crippen molar-refractivity contribution in [1.82, 2.24) is 4.98 Å². The van der Waals surface area contributed by atoms with Crippen molar-refractivity contribution >= 4 is 17.1 Å². The molecule has 0 spiro atoms. The van der Waals surface area contributed by atoms with Crippen LogP contribution in [0.4, 0.5) is 0 Å². The summed E-state index contributed by atoms with van der Waals surface area (Å²) in [4.78, 5) is 18.2. The van der Waals surface area contributed by atoms with E-state index < -0.39 is 0 Å². The van der Waals surface area contributed by atoms with E-state index in [-0.39, 0.29) is 16.8 Å². The molecule has 2 aliphatic rings. The Morgan fingerprint density at radius 1 is 1.19 bits per heavy atom. The number of carbonyl (C=O) groups excluding carboxylic acids is 1. The van der Waals surface area contributed by atoms with Crippen LogP contribution in [0, 0.1) is 5.41 Å². The standard InChI is InChI=1S/C17H25NO2S/c1-4-20-17(8-6-5-7-9-17)15-18-12-10-16(2,3)11-13(19)14(12)21-15/h4-11H2,1-3H3. The maximum Gasteiger partial charge on any atom is 0.175 e. The number of fused-ring (bicyclic) bond motifs is 1. The average Bonchev–Trinajstić information content (AvgIpc) is 2.83. The lowest BCUT2D eigenvalue weighted by Gasteiger charge is -2.35. The van der Waals surface area contributed by atoms with Gasteiger partial charge in [0.25, 0.3) is 0 Å². The van der Waals surface area contributed by atoms with Crippen LogP contribution in [-0.2, 0) is 16.8 Å². The second kappa shape index (κ2) is 5.47. The van der Waals surface area contributed by atoms with Crippen LogP contribution < -0.4 is 0 Å². The highest BCUT2D eigenvalue weighted by Crippen LogP contribution is 2.45. The van der Waals surface area contributed by atoms with Crippen molar-refractivity contribution in [3.8, 4) is 0 Å². The number of ether oxygens (including phenoxy) is 1. The van der Waals surface area contributed by atoms with E-state index >= 15 is 0 Å². The molecule has 0 aromatic carbocycles. The SMILES string of the molecule is CCOC1(c2nc3c(s2)C(=O)CC(C)(C)C3)CCCCC1. The minimum absolute atomic E-state index is 0.0424. The van der Waals surface area contributed by atoms with Crippen molar-refractivity contribution < 1.29 is 9.53 Å². The largest absolute Gasteiger partial charge is 0.368 e. The molecule has 0 N–H and O–H groups in total. The molecule has 1 aromatic heterocycles. The smallest absolute Gasteiger partial charge is 0.175 e. The summed E-state index contributed by atoms with van der Waals surface area (Å²) in [6.45, 7) is 7.08. The van der Waals surface area contributed by atoms with Gasteiger partial charge >= 0.3 is 0 Å². The first-order valence-electron chi connectivity index (χ1n) is 8.13. The van der Waals surface area contributed by atoms with Crippen LogP contribution in [-0.4, -0.2) is 17.4 Å². The summed E-state index contributed by atoms with van der Waals surface area (Å²) < 4.78 is 6.16. The fraction of sp³-hybridized carbons (Fsp3) is 0.765. The number of Topliss-reactive ketones (excluding diaryl/α,β-unsaturated/α-hetero) is 1. The Kier molecular flexibility index (Phi) is 3.95.